The van der Waals surface area contributed by atoms with E-state index < -0.39 is 0 Å². The lowest BCUT2D eigenvalue weighted by Crippen LogP contribution is -1.94. The van der Waals surface area contributed by atoms with Crippen LogP contribution in [0.1, 0.15) is 36.6 Å². The highest BCUT2D eigenvalue weighted by Crippen LogP contribution is 2.34. The van der Waals surface area contributed by atoms with Crippen LogP contribution in [0.25, 0.3) is 5.57 Å². The van der Waals surface area contributed by atoms with Gasteiger partial charge in [-0.05, 0) is 37.1 Å². The van der Waals surface area contributed by atoms with Crippen molar-refractivity contribution in [2.45, 2.75) is 26.3 Å². The average molecular weight is 201 g/mol. The van der Waals surface area contributed by atoms with Crippen LogP contribution in [0.4, 0.5) is 0 Å². The SMILES string of the molecule is C=C(C)c1ccc(C2CN2C)cc1CC. The van der Waals surface area contributed by atoms with Crippen molar-refractivity contribution in [1.82, 2.24) is 4.90 Å². The zero-order valence-electron chi connectivity index (χ0n) is 9.88. The summed E-state index contributed by atoms with van der Waals surface area (Å²) in [5.74, 6) is 0. The van der Waals surface area contributed by atoms with E-state index in [9.17, 15) is 0 Å². The van der Waals surface area contributed by atoms with Gasteiger partial charge in [0.05, 0.1) is 0 Å². The van der Waals surface area contributed by atoms with E-state index in [4.69, 9.17) is 0 Å². The van der Waals surface area contributed by atoms with Crippen LogP contribution in [0.2, 0.25) is 0 Å². The second kappa shape index (κ2) is 3.82. The Kier molecular flexibility index (Phi) is 2.66. The fraction of sp³-hybridized carbons (Fsp3) is 0.429. The summed E-state index contributed by atoms with van der Waals surface area (Å²) in [6.45, 7) is 9.52. The van der Waals surface area contributed by atoms with Gasteiger partial charge in [-0.3, -0.25) is 4.90 Å². The van der Waals surface area contributed by atoms with Crippen LogP contribution in [-0.4, -0.2) is 18.5 Å². The minimum Gasteiger partial charge on any atom is -0.296 e. The molecular weight excluding hydrogens is 182 g/mol. The third kappa shape index (κ3) is 1.98. The first-order chi connectivity index (χ1) is 7.13. The maximum atomic E-state index is 4.03. The van der Waals surface area contributed by atoms with E-state index in [0.717, 1.165) is 6.42 Å². The molecule has 1 saturated heterocycles. The minimum absolute atomic E-state index is 0.662. The van der Waals surface area contributed by atoms with E-state index in [1.807, 2.05) is 0 Å². The molecule has 2 rings (SSSR count). The van der Waals surface area contributed by atoms with Gasteiger partial charge in [-0.2, -0.15) is 0 Å². The molecule has 1 heteroatoms. The summed E-state index contributed by atoms with van der Waals surface area (Å²) in [7, 11) is 2.17. The number of rotatable bonds is 3. The van der Waals surface area contributed by atoms with E-state index in [1.54, 1.807) is 0 Å². The molecule has 1 fully saturated rings. The second-order valence-electron chi connectivity index (χ2n) is 4.51. The molecule has 2 unspecified atom stereocenters. The van der Waals surface area contributed by atoms with Gasteiger partial charge in [0.15, 0.2) is 0 Å². The second-order valence-corrected chi connectivity index (χ2v) is 4.51. The molecule has 15 heavy (non-hydrogen) atoms. The molecule has 1 aliphatic rings. The number of benzene rings is 1. The normalized spacial score (nSPS) is 23.9. The molecule has 1 aromatic carbocycles. The molecule has 0 spiro atoms. The molecule has 1 nitrogen and oxygen atoms in total. The number of likely N-dealkylation sites (N-methyl/N-ethyl adjacent to an activating group) is 1. The minimum atomic E-state index is 0.662. The molecule has 2 atom stereocenters. The van der Waals surface area contributed by atoms with E-state index in [2.05, 4.69) is 50.6 Å². The maximum absolute atomic E-state index is 4.03. The number of aryl methyl sites for hydroxylation is 1. The zero-order chi connectivity index (χ0) is 11.0. The molecule has 0 amide bonds. The summed E-state index contributed by atoms with van der Waals surface area (Å²) in [5.41, 5.74) is 5.38. The fourth-order valence-electron chi connectivity index (χ4n) is 2.12. The van der Waals surface area contributed by atoms with Crippen LogP contribution in [0, 0.1) is 0 Å². The molecule has 1 heterocycles. The van der Waals surface area contributed by atoms with Crippen LogP contribution in [0.3, 0.4) is 0 Å². The highest BCUT2D eigenvalue weighted by atomic mass is 15.3. The number of nitrogens with zero attached hydrogens (tertiary/aromatic N) is 1. The zero-order valence-corrected chi connectivity index (χ0v) is 9.88. The Morgan fingerprint density at radius 2 is 2.20 bits per heavy atom. The van der Waals surface area contributed by atoms with Gasteiger partial charge in [-0.1, -0.05) is 37.3 Å². The first-order valence-corrected chi connectivity index (χ1v) is 5.62. The number of allylic oxidation sites excluding steroid dienone is 1. The predicted octanol–water partition coefficient (Wildman–Crippen LogP) is 3.27. The average Bonchev–Trinajstić information content (AvgIpc) is 2.94. The van der Waals surface area contributed by atoms with E-state index in [0.29, 0.717) is 6.04 Å². The van der Waals surface area contributed by atoms with Crippen molar-refractivity contribution in [2.24, 2.45) is 0 Å². The van der Waals surface area contributed by atoms with Gasteiger partial charge in [-0.25, -0.2) is 0 Å². The highest BCUT2D eigenvalue weighted by Gasteiger charge is 2.31. The number of hydrogen-bond donors (Lipinski definition) is 0. The molecule has 0 aromatic heterocycles. The van der Waals surface area contributed by atoms with Crippen molar-refractivity contribution in [1.29, 1.82) is 0 Å². The summed E-state index contributed by atoms with van der Waals surface area (Å²) in [5, 5.41) is 0. The lowest BCUT2D eigenvalue weighted by molar-refractivity contribution is 0.631. The molecule has 0 N–H and O–H groups in total. The quantitative estimate of drug-likeness (QED) is 0.678. The Labute approximate surface area is 92.4 Å². The predicted molar refractivity (Wildman–Crippen MR) is 65.9 cm³/mol. The van der Waals surface area contributed by atoms with Gasteiger partial charge >= 0.3 is 0 Å². The Bertz CT molecular complexity index is 392. The molecule has 0 aliphatic carbocycles. The summed E-state index contributed by atoms with van der Waals surface area (Å²) < 4.78 is 0. The summed E-state index contributed by atoms with van der Waals surface area (Å²) in [4.78, 5) is 2.36. The highest BCUT2D eigenvalue weighted by molar-refractivity contribution is 5.65. The molecule has 0 saturated carbocycles. The maximum Gasteiger partial charge on any atom is 0.0473 e. The van der Waals surface area contributed by atoms with Crippen molar-refractivity contribution in [3.8, 4) is 0 Å². The Balaban J connectivity index is 2.34. The molecule has 1 aromatic rings. The monoisotopic (exact) mass is 201 g/mol. The number of hydrogen-bond acceptors (Lipinski definition) is 1. The molecular formula is C14H19N. The lowest BCUT2D eigenvalue weighted by atomic mass is 9.96. The van der Waals surface area contributed by atoms with Crippen LogP contribution < -0.4 is 0 Å². The van der Waals surface area contributed by atoms with Gasteiger partial charge in [0, 0.05) is 12.6 Å². The van der Waals surface area contributed by atoms with Crippen LogP contribution in [0.5, 0.6) is 0 Å². The molecule has 80 valence electrons. The van der Waals surface area contributed by atoms with E-state index in [1.165, 1.54) is 28.8 Å². The van der Waals surface area contributed by atoms with Crippen LogP contribution in [0.15, 0.2) is 24.8 Å². The molecule has 0 bridgehead atoms. The van der Waals surface area contributed by atoms with Crippen LogP contribution in [-0.2, 0) is 6.42 Å². The Morgan fingerprint density at radius 3 is 2.67 bits per heavy atom. The van der Waals surface area contributed by atoms with E-state index >= 15 is 0 Å². The largest absolute Gasteiger partial charge is 0.296 e. The third-order valence-corrected chi connectivity index (χ3v) is 3.21. The molecule has 0 radical (unpaired) electrons. The third-order valence-electron chi connectivity index (χ3n) is 3.21. The van der Waals surface area contributed by atoms with Crippen molar-refractivity contribution in [3.05, 3.63) is 41.5 Å². The smallest absolute Gasteiger partial charge is 0.0473 e. The first-order valence-electron chi connectivity index (χ1n) is 5.62. The standard InChI is InChI=1S/C14H19N/c1-5-11-8-12(14-9-15(14)4)6-7-13(11)10(2)3/h6-8,14H,2,5,9H2,1,3-4H3. The fourth-order valence-corrected chi connectivity index (χ4v) is 2.12. The summed E-state index contributed by atoms with van der Waals surface area (Å²) >= 11 is 0. The van der Waals surface area contributed by atoms with Crippen molar-refractivity contribution in [3.63, 3.8) is 0 Å². The van der Waals surface area contributed by atoms with Crippen molar-refractivity contribution >= 4 is 5.57 Å². The van der Waals surface area contributed by atoms with Gasteiger partial charge in [-0.15, -0.1) is 0 Å². The molecule has 1 aliphatic heterocycles. The van der Waals surface area contributed by atoms with Gasteiger partial charge in [0.2, 0.25) is 0 Å². The van der Waals surface area contributed by atoms with Crippen molar-refractivity contribution in [2.75, 3.05) is 13.6 Å². The topological polar surface area (TPSA) is 3.01 Å². The Morgan fingerprint density at radius 1 is 1.53 bits per heavy atom. The van der Waals surface area contributed by atoms with E-state index in [-0.39, 0.29) is 0 Å². The lowest BCUT2D eigenvalue weighted by Gasteiger charge is -2.09. The summed E-state index contributed by atoms with van der Waals surface area (Å²) in [6.07, 6.45) is 1.09. The van der Waals surface area contributed by atoms with Crippen LogP contribution >= 0.6 is 0 Å². The first kappa shape index (κ1) is 10.4. The summed E-state index contributed by atoms with van der Waals surface area (Å²) in [6, 6.07) is 7.48. The Hall–Kier alpha value is -1.08. The van der Waals surface area contributed by atoms with Gasteiger partial charge < -0.3 is 0 Å². The van der Waals surface area contributed by atoms with Gasteiger partial charge in [0.25, 0.3) is 0 Å². The van der Waals surface area contributed by atoms with Gasteiger partial charge in [0.1, 0.15) is 0 Å². The van der Waals surface area contributed by atoms with Crippen molar-refractivity contribution < 1.29 is 0 Å².